The van der Waals surface area contributed by atoms with Crippen molar-refractivity contribution >= 4 is 38.9 Å². The third kappa shape index (κ3) is 5.40. The molecule has 1 N–H and O–H groups in total. The molecule has 0 atom stereocenters. The molecule has 0 saturated heterocycles. The van der Waals surface area contributed by atoms with Crippen molar-refractivity contribution in [3.8, 4) is 11.3 Å². The van der Waals surface area contributed by atoms with E-state index in [-0.39, 0.29) is 18.1 Å². The number of benzene rings is 2. The molecule has 8 heteroatoms. The highest BCUT2D eigenvalue weighted by Gasteiger charge is 2.16. The van der Waals surface area contributed by atoms with E-state index in [2.05, 4.69) is 27.6 Å². The van der Waals surface area contributed by atoms with E-state index in [4.69, 9.17) is 9.47 Å². The summed E-state index contributed by atoms with van der Waals surface area (Å²) in [4.78, 5) is 11.7. The summed E-state index contributed by atoms with van der Waals surface area (Å²) < 4.78 is 25.9. The molecule has 2 aromatic heterocycles. The summed E-state index contributed by atoms with van der Waals surface area (Å²) in [5, 5.41) is 14.8. The molecule has 0 unspecified atom stereocenters. The highest BCUT2D eigenvalue weighted by molar-refractivity contribution is 7.17. The van der Waals surface area contributed by atoms with Crippen LogP contribution >= 0.6 is 11.3 Å². The standard InChI is InChI=1S/C26H26FN3O3S/c1-3-33-23(31)16-17-10-11-22(21(27)15-17)28-26-20-12-14-34-25(20)24(29-30-26)19-9-5-4-7-18(19)8-6-13-32-2/h4-5,7,9-12,14-15H,3,6,8,13,16H2,1-2H3,(H,28,30). The van der Waals surface area contributed by atoms with E-state index in [1.165, 1.54) is 11.6 Å². The van der Waals surface area contributed by atoms with Gasteiger partial charge in [0.15, 0.2) is 5.82 Å². The predicted octanol–water partition coefficient (Wildman–Crippen LogP) is 5.93. The molecule has 2 aromatic carbocycles. The topological polar surface area (TPSA) is 73.3 Å². The van der Waals surface area contributed by atoms with E-state index in [1.807, 2.05) is 23.6 Å². The quantitative estimate of drug-likeness (QED) is 0.225. The molecule has 0 amide bonds. The van der Waals surface area contributed by atoms with Gasteiger partial charge in [0.25, 0.3) is 0 Å². The number of methoxy groups -OCH3 is 1. The molecule has 34 heavy (non-hydrogen) atoms. The molecular weight excluding hydrogens is 453 g/mol. The van der Waals surface area contributed by atoms with Crippen LogP contribution in [-0.4, -0.2) is 36.5 Å². The van der Waals surface area contributed by atoms with Crippen molar-refractivity contribution in [1.29, 1.82) is 0 Å². The number of rotatable bonds is 10. The molecule has 0 radical (unpaired) electrons. The molecule has 6 nitrogen and oxygen atoms in total. The van der Waals surface area contributed by atoms with Gasteiger partial charge in [0.1, 0.15) is 11.5 Å². The molecule has 4 rings (SSSR count). The van der Waals surface area contributed by atoms with Gasteiger partial charge in [-0.15, -0.1) is 21.5 Å². The molecule has 2 heterocycles. The van der Waals surface area contributed by atoms with Gasteiger partial charge in [-0.1, -0.05) is 30.3 Å². The van der Waals surface area contributed by atoms with Crippen molar-refractivity contribution < 1.29 is 18.7 Å². The number of halogens is 1. The summed E-state index contributed by atoms with van der Waals surface area (Å²) >= 11 is 1.58. The first-order chi connectivity index (χ1) is 16.6. The lowest BCUT2D eigenvalue weighted by Gasteiger charge is -2.12. The number of ether oxygens (including phenoxy) is 2. The predicted molar refractivity (Wildman–Crippen MR) is 133 cm³/mol. The molecule has 0 aliphatic heterocycles. The van der Waals surface area contributed by atoms with Crippen molar-refractivity contribution in [3.63, 3.8) is 0 Å². The summed E-state index contributed by atoms with van der Waals surface area (Å²) in [6.07, 6.45) is 1.82. The minimum Gasteiger partial charge on any atom is -0.466 e. The van der Waals surface area contributed by atoms with Crippen LogP contribution in [0, 0.1) is 5.82 Å². The normalized spacial score (nSPS) is 11.0. The number of aromatic nitrogens is 2. The maximum atomic E-state index is 14.8. The van der Waals surface area contributed by atoms with Crippen LogP contribution in [0.1, 0.15) is 24.5 Å². The van der Waals surface area contributed by atoms with Gasteiger partial charge in [-0.3, -0.25) is 4.79 Å². The maximum Gasteiger partial charge on any atom is 0.310 e. The second-order valence-corrected chi connectivity index (χ2v) is 8.65. The first-order valence-electron chi connectivity index (χ1n) is 11.1. The highest BCUT2D eigenvalue weighted by Crippen LogP contribution is 2.36. The van der Waals surface area contributed by atoms with Crippen molar-refractivity contribution in [2.45, 2.75) is 26.2 Å². The Bertz CT molecular complexity index is 1290. The van der Waals surface area contributed by atoms with Crippen molar-refractivity contribution in [1.82, 2.24) is 10.2 Å². The van der Waals surface area contributed by atoms with Gasteiger partial charge >= 0.3 is 5.97 Å². The van der Waals surface area contributed by atoms with Crippen LogP contribution in [-0.2, 0) is 27.1 Å². The van der Waals surface area contributed by atoms with Gasteiger partial charge in [0, 0.05) is 24.7 Å². The number of nitrogens with zero attached hydrogens (tertiary/aromatic N) is 2. The Morgan fingerprint density at radius 3 is 2.79 bits per heavy atom. The van der Waals surface area contributed by atoms with Crippen LogP contribution in [0.3, 0.4) is 0 Å². The number of aryl methyl sites for hydroxylation is 1. The van der Waals surface area contributed by atoms with E-state index < -0.39 is 5.82 Å². The minimum atomic E-state index is -0.473. The molecular formula is C26H26FN3O3S. The molecule has 176 valence electrons. The first-order valence-corrected chi connectivity index (χ1v) is 12.0. The number of esters is 1. The fourth-order valence-corrected chi connectivity index (χ4v) is 4.69. The lowest BCUT2D eigenvalue weighted by atomic mass is 10.00. The second-order valence-electron chi connectivity index (χ2n) is 7.74. The zero-order chi connectivity index (χ0) is 23.9. The average molecular weight is 480 g/mol. The van der Waals surface area contributed by atoms with E-state index in [1.54, 1.807) is 37.5 Å². The molecule has 0 bridgehead atoms. The SMILES string of the molecule is CCOC(=O)Cc1ccc(Nc2nnc(-c3ccccc3CCCOC)c3sccc23)c(F)c1. The number of anilines is 2. The molecule has 0 aliphatic rings. The van der Waals surface area contributed by atoms with Crippen molar-refractivity contribution in [2.24, 2.45) is 0 Å². The molecule has 0 saturated carbocycles. The number of carbonyl (C=O) groups excluding carboxylic acids is 1. The Hall–Kier alpha value is -3.36. The smallest absolute Gasteiger partial charge is 0.310 e. The van der Waals surface area contributed by atoms with Crippen molar-refractivity contribution in [2.75, 3.05) is 25.6 Å². The monoisotopic (exact) mass is 479 g/mol. The number of carbonyl (C=O) groups is 1. The summed E-state index contributed by atoms with van der Waals surface area (Å²) in [6.45, 7) is 2.73. The Kier molecular flexibility index (Phi) is 7.82. The van der Waals surface area contributed by atoms with Gasteiger partial charge in [-0.2, -0.15) is 0 Å². The Morgan fingerprint density at radius 2 is 2.00 bits per heavy atom. The zero-order valence-electron chi connectivity index (χ0n) is 19.1. The minimum absolute atomic E-state index is 0.0259. The van der Waals surface area contributed by atoms with Crippen LogP contribution < -0.4 is 5.32 Å². The number of hydrogen-bond donors (Lipinski definition) is 1. The number of nitrogens with one attached hydrogen (secondary N) is 1. The number of thiophene rings is 1. The fraction of sp³-hybridized carbons (Fsp3) is 0.269. The third-order valence-corrected chi connectivity index (χ3v) is 6.31. The van der Waals surface area contributed by atoms with E-state index in [0.29, 0.717) is 24.6 Å². The van der Waals surface area contributed by atoms with Gasteiger partial charge in [0.2, 0.25) is 0 Å². The summed E-state index contributed by atoms with van der Waals surface area (Å²) in [5.41, 5.74) is 3.86. The summed E-state index contributed by atoms with van der Waals surface area (Å²) in [6, 6.07) is 14.8. The molecule has 4 aromatic rings. The largest absolute Gasteiger partial charge is 0.466 e. The summed E-state index contributed by atoms with van der Waals surface area (Å²) in [7, 11) is 1.70. The van der Waals surface area contributed by atoms with Gasteiger partial charge in [0.05, 0.1) is 23.4 Å². The molecule has 0 aliphatic carbocycles. The number of fused-ring (bicyclic) bond motifs is 1. The highest BCUT2D eigenvalue weighted by atomic mass is 32.1. The van der Waals surface area contributed by atoms with Gasteiger partial charge in [-0.05, 0) is 54.5 Å². The maximum absolute atomic E-state index is 14.8. The van der Waals surface area contributed by atoms with E-state index in [9.17, 15) is 9.18 Å². The van der Waals surface area contributed by atoms with Crippen LogP contribution in [0.2, 0.25) is 0 Å². The van der Waals surface area contributed by atoms with Crippen LogP contribution in [0.5, 0.6) is 0 Å². The summed E-state index contributed by atoms with van der Waals surface area (Å²) in [5.74, 6) is -0.375. The third-order valence-electron chi connectivity index (χ3n) is 5.39. The number of hydrogen-bond acceptors (Lipinski definition) is 7. The lowest BCUT2D eigenvalue weighted by Crippen LogP contribution is -2.08. The Labute approximate surface area is 201 Å². The second kappa shape index (κ2) is 11.2. The van der Waals surface area contributed by atoms with E-state index >= 15 is 0 Å². The molecule has 0 spiro atoms. The van der Waals surface area contributed by atoms with E-state index in [0.717, 1.165) is 34.2 Å². The van der Waals surface area contributed by atoms with Gasteiger partial charge in [-0.25, -0.2) is 4.39 Å². The van der Waals surface area contributed by atoms with Crippen LogP contribution in [0.15, 0.2) is 53.9 Å². The van der Waals surface area contributed by atoms with Crippen LogP contribution in [0.4, 0.5) is 15.9 Å². The Morgan fingerprint density at radius 1 is 1.15 bits per heavy atom. The van der Waals surface area contributed by atoms with Gasteiger partial charge < -0.3 is 14.8 Å². The first kappa shape index (κ1) is 23.8. The lowest BCUT2D eigenvalue weighted by molar-refractivity contribution is -0.142. The zero-order valence-corrected chi connectivity index (χ0v) is 20.0. The Balaban J connectivity index is 1.61. The van der Waals surface area contributed by atoms with Crippen LogP contribution in [0.25, 0.3) is 21.3 Å². The van der Waals surface area contributed by atoms with Crippen molar-refractivity contribution in [3.05, 3.63) is 70.9 Å². The molecule has 0 fully saturated rings. The average Bonchev–Trinajstić information content (AvgIpc) is 3.32. The fourth-order valence-electron chi connectivity index (χ4n) is 3.80.